The van der Waals surface area contributed by atoms with Gasteiger partial charge < -0.3 is 26.0 Å². The van der Waals surface area contributed by atoms with Crippen LogP contribution in [0, 0.1) is 5.92 Å². The average Bonchev–Trinajstić information content (AvgIpc) is 3.47. The van der Waals surface area contributed by atoms with E-state index in [2.05, 4.69) is 16.0 Å². The Hall–Kier alpha value is -2.45. The molecule has 0 spiro atoms. The maximum absolute atomic E-state index is 13.8. The predicted octanol–water partition coefficient (Wildman–Crippen LogP) is 1.42. The molecule has 5 unspecified atom stereocenters. The highest BCUT2D eigenvalue weighted by Crippen LogP contribution is 2.33. The zero-order valence-electron chi connectivity index (χ0n) is 20.3. The number of hydrogen-bond acceptors (Lipinski definition) is 5. The van der Waals surface area contributed by atoms with Crippen LogP contribution in [-0.2, 0) is 20.8 Å². The summed E-state index contributed by atoms with van der Waals surface area (Å²) in [5.41, 5.74) is 1.98. The zero-order chi connectivity index (χ0) is 24.2. The number of likely N-dealkylation sites (tertiary alicyclic amines) is 1. The van der Waals surface area contributed by atoms with Gasteiger partial charge >= 0.3 is 0 Å². The lowest BCUT2D eigenvalue weighted by atomic mass is 9.83. The summed E-state index contributed by atoms with van der Waals surface area (Å²) in [5, 5.41) is 19.5. The van der Waals surface area contributed by atoms with Crippen molar-refractivity contribution in [1.29, 1.82) is 0 Å². The van der Waals surface area contributed by atoms with Gasteiger partial charge in [0.05, 0.1) is 18.2 Å². The molecule has 5 atom stereocenters. The number of hydrogen-bond donors (Lipinski definition) is 4. The zero-order valence-corrected chi connectivity index (χ0v) is 20.3. The molecule has 4 N–H and O–H groups in total. The number of carbonyl (C=O) groups excluding carboxylic acids is 3. The molecular weight excluding hydrogens is 432 g/mol. The molecule has 186 valence electrons. The molecule has 2 aliphatic carbocycles. The molecule has 1 heterocycles. The number of nitrogens with one attached hydrogen (secondary N) is 3. The van der Waals surface area contributed by atoms with Crippen molar-refractivity contribution >= 4 is 17.7 Å². The SMILES string of the molecule is CNC(C)C(=O)NC(C(=O)N1CCCC1C(=O)NC1c2ccccc2CC1O)C1CCCCC1. The molecule has 1 aromatic rings. The van der Waals surface area contributed by atoms with Crippen LogP contribution in [0.25, 0.3) is 0 Å². The van der Waals surface area contributed by atoms with Gasteiger partial charge in [0.25, 0.3) is 0 Å². The molecule has 0 radical (unpaired) electrons. The number of aliphatic hydroxyl groups is 1. The Morgan fingerprint density at radius 1 is 1.06 bits per heavy atom. The smallest absolute Gasteiger partial charge is 0.246 e. The third kappa shape index (κ3) is 5.13. The summed E-state index contributed by atoms with van der Waals surface area (Å²) in [7, 11) is 1.72. The number of rotatable bonds is 7. The van der Waals surface area contributed by atoms with Gasteiger partial charge in [-0.1, -0.05) is 43.5 Å². The van der Waals surface area contributed by atoms with Crippen LogP contribution in [0.15, 0.2) is 24.3 Å². The summed E-state index contributed by atoms with van der Waals surface area (Å²) < 4.78 is 0. The van der Waals surface area contributed by atoms with Crippen molar-refractivity contribution in [3.05, 3.63) is 35.4 Å². The van der Waals surface area contributed by atoms with Gasteiger partial charge in [0.2, 0.25) is 17.7 Å². The van der Waals surface area contributed by atoms with Gasteiger partial charge in [-0.3, -0.25) is 14.4 Å². The first kappa shape index (κ1) is 24.7. The minimum atomic E-state index is -0.677. The van der Waals surface area contributed by atoms with Gasteiger partial charge in [-0.15, -0.1) is 0 Å². The fraction of sp³-hybridized carbons (Fsp3) is 0.654. The highest BCUT2D eigenvalue weighted by Gasteiger charge is 2.42. The second kappa shape index (κ2) is 10.9. The van der Waals surface area contributed by atoms with Crippen LogP contribution in [0.2, 0.25) is 0 Å². The molecule has 1 saturated heterocycles. The Morgan fingerprint density at radius 3 is 2.53 bits per heavy atom. The van der Waals surface area contributed by atoms with Crippen molar-refractivity contribution in [2.24, 2.45) is 5.92 Å². The lowest BCUT2D eigenvalue weighted by Crippen LogP contribution is -2.58. The van der Waals surface area contributed by atoms with E-state index < -0.39 is 30.3 Å². The molecule has 3 aliphatic rings. The molecule has 1 aliphatic heterocycles. The second-order valence-corrected chi connectivity index (χ2v) is 10.0. The van der Waals surface area contributed by atoms with Gasteiger partial charge in [-0.25, -0.2) is 0 Å². The number of likely N-dealkylation sites (N-methyl/N-ethyl adjacent to an activating group) is 1. The summed E-state index contributed by atoms with van der Waals surface area (Å²) >= 11 is 0. The van der Waals surface area contributed by atoms with Gasteiger partial charge in [0.15, 0.2) is 0 Å². The first-order valence-electron chi connectivity index (χ1n) is 12.7. The quantitative estimate of drug-likeness (QED) is 0.482. The number of benzene rings is 1. The number of amides is 3. The van der Waals surface area contributed by atoms with Crippen molar-refractivity contribution < 1.29 is 19.5 Å². The summed E-state index contributed by atoms with van der Waals surface area (Å²) in [4.78, 5) is 41.5. The standard InChI is InChI=1S/C26H38N4O4/c1-16(27-2)24(32)28-22(17-9-4-3-5-10-17)26(34)30-14-8-13-20(30)25(33)29-23-19-12-7-6-11-18(19)15-21(23)31/h6-7,11-12,16-17,20-23,27,31H,3-5,8-10,13-15H2,1-2H3,(H,28,32)(H,29,33). The summed E-state index contributed by atoms with van der Waals surface area (Å²) in [6.07, 6.45) is 6.21. The molecule has 2 fully saturated rings. The maximum atomic E-state index is 13.8. The molecule has 1 aromatic carbocycles. The highest BCUT2D eigenvalue weighted by molar-refractivity contribution is 5.93. The minimum Gasteiger partial charge on any atom is -0.390 e. The van der Waals surface area contributed by atoms with Crippen LogP contribution in [0.4, 0.5) is 0 Å². The lowest BCUT2D eigenvalue weighted by Gasteiger charge is -2.35. The Bertz CT molecular complexity index is 901. The molecule has 8 nitrogen and oxygen atoms in total. The Labute approximate surface area is 201 Å². The lowest BCUT2D eigenvalue weighted by molar-refractivity contribution is -0.143. The fourth-order valence-electron chi connectivity index (χ4n) is 5.74. The van der Waals surface area contributed by atoms with E-state index >= 15 is 0 Å². The fourth-order valence-corrected chi connectivity index (χ4v) is 5.74. The molecule has 0 aromatic heterocycles. The van der Waals surface area contributed by atoms with Gasteiger partial charge in [-0.2, -0.15) is 0 Å². The molecule has 34 heavy (non-hydrogen) atoms. The van der Waals surface area contributed by atoms with E-state index in [4.69, 9.17) is 0 Å². The molecule has 0 bridgehead atoms. The van der Waals surface area contributed by atoms with Gasteiger partial charge in [0, 0.05) is 13.0 Å². The largest absolute Gasteiger partial charge is 0.390 e. The predicted molar refractivity (Wildman–Crippen MR) is 129 cm³/mol. The summed E-state index contributed by atoms with van der Waals surface area (Å²) in [6.45, 7) is 2.27. The first-order valence-corrected chi connectivity index (χ1v) is 12.7. The molecule has 3 amide bonds. The van der Waals surface area contributed by atoms with Crippen molar-refractivity contribution in [2.45, 2.75) is 88.6 Å². The van der Waals surface area contributed by atoms with Gasteiger partial charge in [-0.05, 0) is 56.7 Å². The van der Waals surface area contributed by atoms with Gasteiger partial charge in [0.1, 0.15) is 12.1 Å². The van der Waals surface area contributed by atoms with Crippen molar-refractivity contribution in [2.75, 3.05) is 13.6 Å². The van der Waals surface area contributed by atoms with Crippen LogP contribution >= 0.6 is 0 Å². The van der Waals surface area contributed by atoms with E-state index in [0.29, 0.717) is 19.4 Å². The summed E-state index contributed by atoms with van der Waals surface area (Å²) in [6, 6.07) is 5.68. The Kier molecular flexibility index (Phi) is 7.88. The highest BCUT2D eigenvalue weighted by atomic mass is 16.3. The number of fused-ring (bicyclic) bond motifs is 1. The van der Waals surface area contributed by atoms with Crippen LogP contribution in [0.5, 0.6) is 0 Å². The monoisotopic (exact) mass is 470 g/mol. The summed E-state index contributed by atoms with van der Waals surface area (Å²) in [5.74, 6) is -0.503. The first-order chi connectivity index (χ1) is 16.4. The third-order valence-electron chi connectivity index (χ3n) is 7.85. The molecular formula is C26H38N4O4. The Balaban J connectivity index is 1.49. The van der Waals surface area contributed by atoms with E-state index in [1.54, 1.807) is 18.9 Å². The van der Waals surface area contributed by atoms with E-state index in [1.807, 2.05) is 24.3 Å². The molecule has 4 rings (SSSR count). The van der Waals surface area contributed by atoms with Crippen LogP contribution in [0.3, 0.4) is 0 Å². The van der Waals surface area contributed by atoms with E-state index in [-0.39, 0.29) is 23.6 Å². The second-order valence-electron chi connectivity index (χ2n) is 10.0. The maximum Gasteiger partial charge on any atom is 0.246 e. The molecule has 8 heteroatoms. The van der Waals surface area contributed by atoms with Crippen molar-refractivity contribution in [3.63, 3.8) is 0 Å². The van der Waals surface area contributed by atoms with Crippen LogP contribution in [0.1, 0.15) is 69.0 Å². The van der Waals surface area contributed by atoms with E-state index in [1.165, 1.54) is 0 Å². The Morgan fingerprint density at radius 2 is 1.79 bits per heavy atom. The van der Waals surface area contributed by atoms with Crippen LogP contribution < -0.4 is 16.0 Å². The normalized spacial score (nSPS) is 26.6. The number of nitrogens with zero attached hydrogens (tertiary/aromatic N) is 1. The average molecular weight is 471 g/mol. The third-order valence-corrected chi connectivity index (χ3v) is 7.85. The van der Waals surface area contributed by atoms with E-state index in [9.17, 15) is 19.5 Å². The molecule has 1 saturated carbocycles. The topological polar surface area (TPSA) is 111 Å². The number of aliphatic hydroxyl groups excluding tert-OH is 1. The van der Waals surface area contributed by atoms with E-state index in [0.717, 1.165) is 49.7 Å². The van der Waals surface area contributed by atoms with Crippen molar-refractivity contribution in [3.8, 4) is 0 Å². The minimum absolute atomic E-state index is 0.0853. The van der Waals surface area contributed by atoms with Crippen molar-refractivity contribution in [1.82, 2.24) is 20.9 Å². The number of carbonyl (C=O) groups is 3. The van der Waals surface area contributed by atoms with Crippen LogP contribution in [-0.4, -0.2) is 65.5 Å².